The number of nitrogens with one attached hydrogen (secondary N) is 1. The first kappa shape index (κ1) is 21.6. The number of hydrogen-bond donors (Lipinski definition) is 1. The fourth-order valence-electron chi connectivity index (χ4n) is 3.75. The van der Waals surface area contributed by atoms with Gasteiger partial charge in [0.25, 0.3) is 5.91 Å². The minimum Gasteiger partial charge on any atom is -0.484 e. The average Bonchev–Trinajstić information content (AvgIpc) is 3.31. The van der Waals surface area contributed by atoms with Crippen LogP contribution in [-0.2, 0) is 16.0 Å². The molecule has 32 heavy (non-hydrogen) atoms. The number of benzene rings is 2. The first-order valence-electron chi connectivity index (χ1n) is 10.9. The van der Waals surface area contributed by atoms with Crippen molar-refractivity contribution >= 4 is 17.7 Å². The molecule has 1 N–H and O–H groups in total. The Labute approximate surface area is 187 Å². The summed E-state index contributed by atoms with van der Waals surface area (Å²) in [7, 11) is 0. The van der Waals surface area contributed by atoms with Gasteiger partial charge in [0, 0.05) is 30.6 Å². The van der Waals surface area contributed by atoms with E-state index in [0.717, 1.165) is 12.0 Å². The lowest BCUT2D eigenvalue weighted by molar-refractivity contribution is -0.136. The molecule has 1 aromatic heterocycles. The van der Waals surface area contributed by atoms with Crippen LogP contribution in [0.3, 0.4) is 0 Å². The molecule has 166 valence electrons. The molecule has 0 unspecified atom stereocenters. The predicted octanol–water partition coefficient (Wildman–Crippen LogP) is 4.16. The van der Waals surface area contributed by atoms with Crippen LogP contribution in [0.1, 0.15) is 25.3 Å². The number of carbonyl (C=O) groups excluding carboxylic acids is 2. The SMILES string of the molecule is CCc1ccc(-c2cc(NC(=O)C3CCN(C(=O)COc4ccccc4)CC3)on2)cc1. The van der Waals surface area contributed by atoms with Crippen molar-refractivity contribution in [3.05, 3.63) is 66.2 Å². The molecule has 0 saturated carbocycles. The minimum absolute atomic E-state index is 0.000946. The number of carbonyl (C=O) groups is 2. The van der Waals surface area contributed by atoms with Crippen LogP contribution in [0.5, 0.6) is 5.75 Å². The van der Waals surface area contributed by atoms with Gasteiger partial charge in [0.15, 0.2) is 6.61 Å². The maximum atomic E-state index is 12.7. The number of aromatic nitrogens is 1. The number of hydrogen-bond acceptors (Lipinski definition) is 5. The second kappa shape index (κ2) is 10.1. The molecule has 0 aliphatic carbocycles. The minimum atomic E-state index is -0.175. The molecular weight excluding hydrogens is 406 g/mol. The second-order valence-electron chi connectivity index (χ2n) is 7.87. The number of nitrogens with zero attached hydrogens (tertiary/aromatic N) is 2. The highest BCUT2D eigenvalue weighted by atomic mass is 16.5. The van der Waals surface area contributed by atoms with E-state index in [2.05, 4.69) is 29.5 Å². The number of anilines is 1. The van der Waals surface area contributed by atoms with E-state index in [1.165, 1.54) is 5.56 Å². The van der Waals surface area contributed by atoms with Crippen molar-refractivity contribution in [1.29, 1.82) is 0 Å². The molecule has 2 heterocycles. The van der Waals surface area contributed by atoms with Crippen LogP contribution >= 0.6 is 0 Å². The first-order valence-corrected chi connectivity index (χ1v) is 10.9. The first-order chi connectivity index (χ1) is 15.6. The highest BCUT2D eigenvalue weighted by Crippen LogP contribution is 2.24. The van der Waals surface area contributed by atoms with Gasteiger partial charge in [0.2, 0.25) is 11.8 Å². The van der Waals surface area contributed by atoms with E-state index in [4.69, 9.17) is 9.26 Å². The van der Waals surface area contributed by atoms with Gasteiger partial charge in [0.05, 0.1) is 0 Å². The molecule has 0 radical (unpaired) electrons. The molecule has 2 aromatic carbocycles. The molecular formula is C25H27N3O4. The van der Waals surface area contributed by atoms with E-state index in [-0.39, 0.29) is 24.3 Å². The monoisotopic (exact) mass is 433 g/mol. The predicted molar refractivity (Wildman–Crippen MR) is 121 cm³/mol. The molecule has 4 rings (SSSR count). The molecule has 0 bridgehead atoms. The van der Waals surface area contributed by atoms with Gasteiger partial charge in [-0.1, -0.05) is 54.5 Å². The van der Waals surface area contributed by atoms with Crippen LogP contribution in [0.25, 0.3) is 11.3 Å². The van der Waals surface area contributed by atoms with Gasteiger partial charge in [0.1, 0.15) is 11.4 Å². The van der Waals surface area contributed by atoms with Gasteiger partial charge in [-0.2, -0.15) is 0 Å². The number of amides is 2. The van der Waals surface area contributed by atoms with Crippen LogP contribution in [0.4, 0.5) is 5.88 Å². The quantitative estimate of drug-likeness (QED) is 0.605. The summed E-state index contributed by atoms with van der Waals surface area (Å²) < 4.78 is 10.8. The smallest absolute Gasteiger partial charge is 0.260 e. The summed E-state index contributed by atoms with van der Waals surface area (Å²) in [6.45, 7) is 3.17. The standard InChI is InChI=1S/C25H27N3O4/c1-2-18-8-10-19(11-9-18)22-16-23(32-27-22)26-25(30)20-12-14-28(15-13-20)24(29)17-31-21-6-4-3-5-7-21/h3-11,16,20H,2,12-15,17H2,1H3,(H,26,30). The van der Waals surface area contributed by atoms with Gasteiger partial charge in [-0.3, -0.25) is 14.9 Å². The van der Waals surface area contributed by atoms with Crippen molar-refractivity contribution in [2.75, 3.05) is 25.0 Å². The molecule has 1 fully saturated rings. The molecule has 2 amide bonds. The molecule has 1 aliphatic heterocycles. The van der Waals surface area contributed by atoms with Crippen LogP contribution in [0, 0.1) is 5.92 Å². The van der Waals surface area contributed by atoms with Crippen LogP contribution in [0.2, 0.25) is 0 Å². The maximum absolute atomic E-state index is 12.7. The summed E-state index contributed by atoms with van der Waals surface area (Å²) in [6, 6.07) is 19.1. The van der Waals surface area contributed by atoms with Crippen LogP contribution in [-0.4, -0.2) is 41.6 Å². The summed E-state index contributed by atoms with van der Waals surface area (Å²) >= 11 is 0. The van der Waals surface area contributed by atoms with Crippen LogP contribution in [0.15, 0.2) is 65.2 Å². The third-order valence-electron chi connectivity index (χ3n) is 5.74. The Balaban J connectivity index is 1.25. The maximum Gasteiger partial charge on any atom is 0.260 e. The van der Waals surface area contributed by atoms with E-state index in [9.17, 15) is 9.59 Å². The Morgan fingerprint density at radius 3 is 2.50 bits per heavy atom. The van der Waals surface area contributed by atoms with Gasteiger partial charge in [-0.25, -0.2) is 0 Å². The summed E-state index contributed by atoms with van der Waals surface area (Å²) in [5.41, 5.74) is 2.87. The zero-order chi connectivity index (χ0) is 22.3. The summed E-state index contributed by atoms with van der Waals surface area (Å²) in [5.74, 6) is 0.650. The third-order valence-corrected chi connectivity index (χ3v) is 5.74. The highest BCUT2D eigenvalue weighted by molar-refractivity contribution is 5.92. The summed E-state index contributed by atoms with van der Waals surface area (Å²) in [6.07, 6.45) is 2.18. The van der Waals surface area contributed by atoms with Gasteiger partial charge in [-0.15, -0.1) is 0 Å². The molecule has 3 aromatic rings. The van der Waals surface area contributed by atoms with Gasteiger partial charge >= 0.3 is 0 Å². The van der Waals surface area contributed by atoms with Crippen molar-refractivity contribution in [3.8, 4) is 17.0 Å². The molecule has 1 aliphatic rings. The van der Waals surface area contributed by atoms with Crippen molar-refractivity contribution in [2.45, 2.75) is 26.2 Å². The zero-order valence-electron chi connectivity index (χ0n) is 18.1. The fourth-order valence-corrected chi connectivity index (χ4v) is 3.75. The largest absolute Gasteiger partial charge is 0.484 e. The third kappa shape index (κ3) is 5.35. The Morgan fingerprint density at radius 1 is 1.09 bits per heavy atom. The Hall–Kier alpha value is -3.61. The average molecular weight is 434 g/mol. The Kier molecular flexibility index (Phi) is 6.84. The van der Waals surface area contributed by atoms with Crippen molar-refractivity contribution < 1.29 is 18.8 Å². The molecule has 0 atom stereocenters. The number of aryl methyl sites for hydroxylation is 1. The number of rotatable bonds is 7. The summed E-state index contributed by atoms with van der Waals surface area (Å²) in [4.78, 5) is 26.8. The van der Waals surface area contributed by atoms with E-state index in [1.54, 1.807) is 11.0 Å². The lowest BCUT2D eigenvalue weighted by atomic mass is 9.96. The second-order valence-corrected chi connectivity index (χ2v) is 7.87. The molecule has 1 saturated heterocycles. The van der Waals surface area contributed by atoms with Gasteiger partial charge in [-0.05, 0) is 37.0 Å². The Morgan fingerprint density at radius 2 is 1.81 bits per heavy atom. The van der Waals surface area contributed by atoms with Crippen LogP contribution < -0.4 is 10.1 Å². The Bertz CT molecular complexity index is 1040. The molecule has 7 nitrogen and oxygen atoms in total. The summed E-state index contributed by atoms with van der Waals surface area (Å²) in [5, 5.41) is 6.88. The van der Waals surface area contributed by atoms with E-state index in [1.807, 2.05) is 42.5 Å². The van der Waals surface area contributed by atoms with E-state index < -0.39 is 0 Å². The van der Waals surface area contributed by atoms with Crippen molar-refractivity contribution in [2.24, 2.45) is 5.92 Å². The van der Waals surface area contributed by atoms with Crippen molar-refractivity contribution in [3.63, 3.8) is 0 Å². The normalized spacial score (nSPS) is 14.2. The number of likely N-dealkylation sites (tertiary alicyclic amines) is 1. The van der Waals surface area contributed by atoms with Gasteiger partial charge < -0.3 is 14.2 Å². The highest BCUT2D eigenvalue weighted by Gasteiger charge is 2.28. The topological polar surface area (TPSA) is 84.7 Å². The lowest BCUT2D eigenvalue weighted by Gasteiger charge is -2.31. The number of piperidine rings is 1. The van der Waals surface area contributed by atoms with Crippen molar-refractivity contribution in [1.82, 2.24) is 10.1 Å². The molecule has 0 spiro atoms. The lowest BCUT2D eigenvalue weighted by Crippen LogP contribution is -2.43. The van der Waals surface area contributed by atoms with E-state index >= 15 is 0 Å². The molecule has 7 heteroatoms. The number of para-hydroxylation sites is 1. The fraction of sp³-hybridized carbons (Fsp3) is 0.320. The van der Waals surface area contributed by atoms with E-state index in [0.29, 0.717) is 43.3 Å². The number of ether oxygens (including phenoxy) is 1. The zero-order valence-corrected chi connectivity index (χ0v) is 18.1.